The van der Waals surface area contributed by atoms with E-state index in [1.807, 2.05) is 19.2 Å². The third-order valence-electron chi connectivity index (χ3n) is 5.97. The molecule has 206 valence electrons. The van der Waals surface area contributed by atoms with Gasteiger partial charge in [0.05, 0.1) is 6.04 Å². The first kappa shape index (κ1) is 31.9. The van der Waals surface area contributed by atoms with Crippen molar-refractivity contribution in [1.29, 1.82) is 0 Å². The van der Waals surface area contributed by atoms with E-state index in [0.29, 0.717) is 12.2 Å². The first-order valence-electron chi connectivity index (χ1n) is 12.2. The molecule has 0 aliphatic heterocycles. The van der Waals surface area contributed by atoms with E-state index in [4.69, 9.17) is 11.5 Å². The summed E-state index contributed by atoms with van der Waals surface area (Å²) in [4.78, 5) is 61.7. The average Bonchev–Trinajstić information content (AvgIpc) is 2.87. The number of carbonyl (C=O) groups is 5. The first-order valence-corrected chi connectivity index (χ1v) is 13.6. The highest BCUT2D eigenvalue weighted by molar-refractivity contribution is 7.98. The van der Waals surface area contributed by atoms with Crippen molar-refractivity contribution < 1.29 is 29.1 Å². The third kappa shape index (κ3) is 11.6. The number of rotatable bonds is 17. The molecule has 4 amide bonds. The van der Waals surface area contributed by atoms with E-state index >= 15 is 0 Å². The summed E-state index contributed by atoms with van der Waals surface area (Å²) < 4.78 is 0. The molecule has 37 heavy (non-hydrogen) atoms. The minimum Gasteiger partial charge on any atom is -0.480 e. The van der Waals surface area contributed by atoms with E-state index in [1.54, 1.807) is 31.2 Å². The molecule has 0 spiro atoms. The number of nitrogens with two attached hydrogens (primary N) is 2. The number of aliphatic carboxylic acids is 1. The van der Waals surface area contributed by atoms with E-state index in [1.165, 1.54) is 11.8 Å². The number of primary amides is 1. The Morgan fingerprint density at radius 2 is 1.57 bits per heavy atom. The molecule has 0 fully saturated rings. The van der Waals surface area contributed by atoms with Gasteiger partial charge in [0, 0.05) is 12.8 Å². The average molecular weight is 538 g/mol. The van der Waals surface area contributed by atoms with E-state index in [0.717, 1.165) is 5.56 Å². The van der Waals surface area contributed by atoms with Crippen LogP contribution in [0.3, 0.4) is 0 Å². The number of carbonyl (C=O) groups excluding carboxylic acids is 4. The van der Waals surface area contributed by atoms with E-state index in [2.05, 4.69) is 16.0 Å². The van der Waals surface area contributed by atoms with E-state index in [-0.39, 0.29) is 31.6 Å². The fraction of sp³-hybridized carbons (Fsp3) is 0.560. The van der Waals surface area contributed by atoms with Crippen molar-refractivity contribution in [2.45, 2.75) is 70.1 Å². The molecule has 1 aromatic carbocycles. The summed E-state index contributed by atoms with van der Waals surface area (Å²) in [5, 5.41) is 17.5. The van der Waals surface area contributed by atoms with Crippen molar-refractivity contribution in [1.82, 2.24) is 16.0 Å². The maximum absolute atomic E-state index is 13.2. The van der Waals surface area contributed by atoms with Gasteiger partial charge in [0.25, 0.3) is 0 Å². The fourth-order valence-corrected chi connectivity index (χ4v) is 3.95. The van der Waals surface area contributed by atoms with Crippen LogP contribution in [0.4, 0.5) is 0 Å². The van der Waals surface area contributed by atoms with Crippen LogP contribution in [-0.4, -0.2) is 70.9 Å². The smallest absolute Gasteiger partial charge is 0.326 e. The lowest BCUT2D eigenvalue weighted by molar-refractivity contribution is -0.142. The monoisotopic (exact) mass is 537 g/mol. The van der Waals surface area contributed by atoms with Gasteiger partial charge in [-0.05, 0) is 36.3 Å². The number of amides is 4. The molecule has 1 aromatic rings. The normalized spacial score (nSPS) is 14.9. The Bertz CT molecular complexity index is 916. The number of benzene rings is 1. The summed E-state index contributed by atoms with van der Waals surface area (Å²) in [6.07, 6.45) is 2.71. The number of hydrogen-bond donors (Lipinski definition) is 6. The highest BCUT2D eigenvalue weighted by Crippen LogP contribution is 2.11. The topological polar surface area (TPSA) is 194 Å². The predicted octanol–water partition coefficient (Wildman–Crippen LogP) is 0.160. The lowest BCUT2D eigenvalue weighted by atomic mass is 9.97. The quantitative estimate of drug-likeness (QED) is 0.162. The molecule has 5 unspecified atom stereocenters. The van der Waals surface area contributed by atoms with Gasteiger partial charge in [-0.2, -0.15) is 11.8 Å². The molecule has 0 bridgehead atoms. The molecule has 0 saturated heterocycles. The van der Waals surface area contributed by atoms with Crippen LogP contribution in [0.1, 0.15) is 45.1 Å². The number of nitrogens with one attached hydrogen (secondary N) is 3. The lowest BCUT2D eigenvalue weighted by Gasteiger charge is -2.28. The standard InChI is InChI=1S/C25H39N5O6S/c1-4-15(2)21(30-22(32)17(26)10-11-20(27)31)24(34)28-18(12-13-37-3)23(33)29-19(25(35)36)14-16-8-6-5-7-9-16/h5-9,15,17-19,21H,4,10-14,26H2,1-3H3,(H2,27,31)(H,28,34)(H,29,33)(H,30,32)(H,35,36). The SMILES string of the molecule is CCC(C)C(NC(=O)C(N)CCC(N)=O)C(=O)NC(CCSC)C(=O)NC(Cc1ccccc1)C(=O)O. The van der Waals surface area contributed by atoms with Gasteiger partial charge in [-0.25, -0.2) is 4.79 Å². The van der Waals surface area contributed by atoms with Crippen LogP contribution in [-0.2, 0) is 30.4 Å². The Balaban J connectivity index is 2.98. The van der Waals surface area contributed by atoms with Crippen LogP contribution in [0.2, 0.25) is 0 Å². The zero-order valence-electron chi connectivity index (χ0n) is 21.6. The van der Waals surface area contributed by atoms with Crippen molar-refractivity contribution in [3.05, 3.63) is 35.9 Å². The van der Waals surface area contributed by atoms with Crippen LogP contribution in [0, 0.1) is 5.92 Å². The van der Waals surface area contributed by atoms with Gasteiger partial charge >= 0.3 is 5.97 Å². The molecule has 0 radical (unpaired) electrons. The molecule has 5 atom stereocenters. The zero-order valence-corrected chi connectivity index (χ0v) is 22.4. The molecule has 1 rings (SSSR count). The summed E-state index contributed by atoms with van der Waals surface area (Å²) in [6.45, 7) is 3.62. The van der Waals surface area contributed by atoms with Crippen LogP contribution in [0.15, 0.2) is 30.3 Å². The third-order valence-corrected chi connectivity index (χ3v) is 6.62. The highest BCUT2D eigenvalue weighted by Gasteiger charge is 2.32. The number of thioether (sulfide) groups is 1. The van der Waals surface area contributed by atoms with Crippen molar-refractivity contribution in [3.63, 3.8) is 0 Å². The molecule has 0 aliphatic rings. The molecule has 0 heterocycles. The van der Waals surface area contributed by atoms with Gasteiger partial charge in [-0.1, -0.05) is 50.6 Å². The van der Waals surface area contributed by atoms with Gasteiger partial charge in [0.15, 0.2) is 0 Å². The van der Waals surface area contributed by atoms with Crippen LogP contribution in [0.25, 0.3) is 0 Å². The van der Waals surface area contributed by atoms with E-state index in [9.17, 15) is 29.1 Å². The summed E-state index contributed by atoms with van der Waals surface area (Å²) in [5.41, 5.74) is 11.7. The van der Waals surface area contributed by atoms with Crippen molar-refractivity contribution in [3.8, 4) is 0 Å². The lowest BCUT2D eigenvalue weighted by Crippen LogP contribution is -2.58. The van der Waals surface area contributed by atoms with Crippen molar-refractivity contribution in [2.24, 2.45) is 17.4 Å². The number of carboxylic acid groups (broad SMARTS) is 1. The Labute approximate surface area is 221 Å². The molecular weight excluding hydrogens is 498 g/mol. The first-order chi connectivity index (χ1) is 17.5. The van der Waals surface area contributed by atoms with Gasteiger partial charge in [-0.3, -0.25) is 19.2 Å². The van der Waals surface area contributed by atoms with Crippen LogP contribution >= 0.6 is 11.8 Å². The highest BCUT2D eigenvalue weighted by atomic mass is 32.2. The summed E-state index contributed by atoms with van der Waals surface area (Å²) in [7, 11) is 0. The van der Waals surface area contributed by atoms with Crippen LogP contribution < -0.4 is 27.4 Å². The number of carboxylic acids is 1. The molecule has 0 saturated carbocycles. The Morgan fingerprint density at radius 1 is 0.946 bits per heavy atom. The summed E-state index contributed by atoms with van der Waals surface area (Å²) >= 11 is 1.47. The van der Waals surface area contributed by atoms with Crippen LogP contribution in [0.5, 0.6) is 0 Å². The maximum Gasteiger partial charge on any atom is 0.326 e. The Hall–Kier alpha value is -3.12. The van der Waals surface area contributed by atoms with Gasteiger partial charge in [0.2, 0.25) is 23.6 Å². The Morgan fingerprint density at radius 3 is 2.11 bits per heavy atom. The Kier molecular flexibility index (Phi) is 14.3. The van der Waals surface area contributed by atoms with Gasteiger partial charge in [-0.15, -0.1) is 0 Å². The second-order valence-electron chi connectivity index (χ2n) is 8.92. The van der Waals surface area contributed by atoms with Gasteiger partial charge < -0.3 is 32.5 Å². The summed E-state index contributed by atoms with van der Waals surface area (Å²) in [6, 6.07) is 4.69. The van der Waals surface area contributed by atoms with Gasteiger partial charge in [0.1, 0.15) is 18.1 Å². The fourth-order valence-electron chi connectivity index (χ4n) is 3.48. The molecular formula is C25H39N5O6S. The summed E-state index contributed by atoms with van der Waals surface area (Å²) in [5.74, 6) is -3.36. The minimum atomic E-state index is -1.19. The molecule has 11 nitrogen and oxygen atoms in total. The zero-order chi connectivity index (χ0) is 28.0. The van der Waals surface area contributed by atoms with E-state index < -0.39 is 53.8 Å². The molecule has 12 heteroatoms. The predicted molar refractivity (Wildman–Crippen MR) is 142 cm³/mol. The van der Waals surface area contributed by atoms with Crippen molar-refractivity contribution in [2.75, 3.05) is 12.0 Å². The molecule has 0 aromatic heterocycles. The maximum atomic E-state index is 13.2. The second kappa shape index (κ2) is 16.6. The number of hydrogen-bond acceptors (Lipinski definition) is 7. The molecule has 0 aliphatic carbocycles. The second-order valence-corrected chi connectivity index (χ2v) is 9.90. The molecule has 8 N–H and O–H groups in total. The van der Waals surface area contributed by atoms with Crippen molar-refractivity contribution >= 4 is 41.4 Å². The largest absolute Gasteiger partial charge is 0.480 e. The minimum absolute atomic E-state index is 0.0345.